The molecule has 0 fully saturated rings. The Balaban J connectivity index is 2.34. The van der Waals surface area contributed by atoms with Crippen molar-refractivity contribution in [2.45, 2.75) is 6.92 Å². The average molecular weight is 255 g/mol. The number of thiazole rings is 1. The molecule has 1 aromatic carbocycles. The summed E-state index contributed by atoms with van der Waals surface area (Å²) in [6, 6.07) is 5.67. The SMILES string of the molecule is CCOc1ccc(-c2cnc(N)s2)cc1Cl. The number of hydrogen-bond donors (Lipinski definition) is 1. The van der Waals surface area contributed by atoms with Gasteiger partial charge < -0.3 is 10.5 Å². The summed E-state index contributed by atoms with van der Waals surface area (Å²) in [5.41, 5.74) is 6.58. The highest BCUT2D eigenvalue weighted by molar-refractivity contribution is 7.18. The number of nitrogens with two attached hydrogens (primary N) is 1. The molecule has 0 amide bonds. The van der Waals surface area contributed by atoms with E-state index in [2.05, 4.69) is 4.98 Å². The zero-order valence-electron chi connectivity index (χ0n) is 8.74. The summed E-state index contributed by atoms with van der Waals surface area (Å²) in [4.78, 5) is 5.01. The second-order valence-corrected chi connectivity index (χ2v) is 4.61. The second-order valence-electron chi connectivity index (χ2n) is 3.14. The molecule has 0 bridgehead atoms. The standard InChI is InChI=1S/C11H11ClN2OS/c1-2-15-9-4-3-7(5-8(9)12)10-6-14-11(13)16-10/h3-6H,2H2,1H3,(H2,13,14). The summed E-state index contributed by atoms with van der Waals surface area (Å²) in [5, 5.41) is 1.16. The number of aromatic nitrogens is 1. The molecule has 0 aliphatic carbocycles. The van der Waals surface area contributed by atoms with E-state index in [0.29, 0.717) is 22.5 Å². The minimum atomic E-state index is 0.556. The van der Waals surface area contributed by atoms with E-state index in [1.165, 1.54) is 11.3 Å². The van der Waals surface area contributed by atoms with Crippen molar-refractivity contribution in [3.8, 4) is 16.2 Å². The van der Waals surface area contributed by atoms with Crippen molar-refractivity contribution in [1.29, 1.82) is 0 Å². The van der Waals surface area contributed by atoms with Crippen LogP contribution in [0.15, 0.2) is 24.4 Å². The van der Waals surface area contributed by atoms with E-state index in [1.807, 2.05) is 25.1 Å². The third-order valence-electron chi connectivity index (χ3n) is 2.04. The second kappa shape index (κ2) is 4.72. The molecule has 5 heteroatoms. The Kier molecular flexibility index (Phi) is 3.31. The van der Waals surface area contributed by atoms with Crippen molar-refractivity contribution >= 4 is 28.1 Å². The molecule has 2 rings (SSSR count). The number of nitrogen functional groups attached to an aromatic ring is 1. The Morgan fingerprint density at radius 3 is 2.88 bits per heavy atom. The number of hydrogen-bond acceptors (Lipinski definition) is 4. The van der Waals surface area contributed by atoms with Gasteiger partial charge in [0.2, 0.25) is 0 Å². The lowest BCUT2D eigenvalue weighted by Crippen LogP contribution is -1.91. The molecule has 0 saturated carbocycles. The predicted octanol–water partition coefficient (Wildman–Crippen LogP) is 3.44. The number of nitrogens with zero attached hydrogens (tertiary/aromatic N) is 1. The number of halogens is 1. The third-order valence-corrected chi connectivity index (χ3v) is 3.21. The van der Waals surface area contributed by atoms with E-state index in [4.69, 9.17) is 22.1 Å². The Bertz CT molecular complexity index is 498. The van der Waals surface area contributed by atoms with Crippen molar-refractivity contribution in [3.05, 3.63) is 29.4 Å². The maximum atomic E-state index is 6.09. The topological polar surface area (TPSA) is 48.1 Å². The van der Waals surface area contributed by atoms with E-state index in [-0.39, 0.29) is 0 Å². The van der Waals surface area contributed by atoms with E-state index < -0.39 is 0 Å². The lowest BCUT2D eigenvalue weighted by Gasteiger charge is -2.06. The van der Waals surface area contributed by atoms with Gasteiger partial charge in [0.05, 0.1) is 16.5 Å². The van der Waals surface area contributed by atoms with Crippen molar-refractivity contribution in [2.75, 3.05) is 12.3 Å². The minimum absolute atomic E-state index is 0.556. The van der Waals surface area contributed by atoms with Crippen LogP contribution in [0.5, 0.6) is 5.75 Å². The van der Waals surface area contributed by atoms with Crippen LogP contribution in [0.3, 0.4) is 0 Å². The van der Waals surface area contributed by atoms with Gasteiger partial charge in [0.15, 0.2) is 5.13 Å². The number of anilines is 1. The van der Waals surface area contributed by atoms with Gasteiger partial charge >= 0.3 is 0 Å². The zero-order chi connectivity index (χ0) is 11.5. The maximum Gasteiger partial charge on any atom is 0.180 e. The summed E-state index contributed by atoms with van der Waals surface area (Å²) in [6.45, 7) is 2.53. The summed E-state index contributed by atoms with van der Waals surface area (Å²) >= 11 is 7.53. The molecule has 84 valence electrons. The molecule has 2 aromatic rings. The molecular weight excluding hydrogens is 244 g/mol. The molecule has 0 saturated heterocycles. The van der Waals surface area contributed by atoms with E-state index >= 15 is 0 Å². The molecule has 16 heavy (non-hydrogen) atoms. The highest BCUT2D eigenvalue weighted by atomic mass is 35.5. The number of ether oxygens (including phenoxy) is 1. The van der Waals surface area contributed by atoms with Crippen molar-refractivity contribution in [1.82, 2.24) is 4.98 Å². The molecule has 0 aliphatic rings. The summed E-state index contributed by atoms with van der Waals surface area (Å²) in [7, 11) is 0. The molecule has 0 unspecified atom stereocenters. The van der Waals surface area contributed by atoms with Crippen LogP contribution in [0.2, 0.25) is 5.02 Å². The van der Waals surface area contributed by atoms with Gasteiger partial charge in [0.25, 0.3) is 0 Å². The van der Waals surface area contributed by atoms with Crippen LogP contribution < -0.4 is 10.5 Å². The first kappa shape index (κ1) is 11.2. The maximum absolute atomic E-state index is 6.09. The highest BCUT2D eigenvalue weighted by Crippen LogP contribution is 2.33. The Morgan fingerprint density at radius 2 is 2.31 bits per heavy atom. The van der Waals surface area contributed by atoms with Crippen LogP contribution in [0.25, 0.3) is 10.4 Å². The van der Waals surface area contributed by atoms with Gasteiger partial charge in [-0.2, -0.15) is 0 Å². The molecular formula is C11H11ClN2OS. The van der Waals surface area contributed by atoms with Crippen LogP contribution in [-0.4, -0.2) is 11.6 Å². The smallest absolute Gasteiger partial charge is 0.180 e. The van der Waals surface area contributed by atoms with Crippen molar-refractivity contribution < 1.29 is 4.74 Å². The van der Waals surface area contributed by atoms with Gasteiger partial charge in [-0.05, 0) is 30.7 Å². The van der Waals surface area contributed by atoms with Crippen molar-refractivity contribution in [3.63, 3.8) is 0 Å². The predicted molar refractivity (Wildman–Crippen MR) is 68.1 cm³/mol. The van der Waals surface area contributed by atoms with Crippen LogP contribution in [0.4, 0.5) is 5.13 Å². The fourth-order valence-electron chi connectivity index (χ4n) is 1.35. The first-order chi connectivity index (χ1) is 7.70. The highest BCUT2D eigenvalue weighted by Gasteiger charge is 2.06. The molecule has 2 N–H and O–H groups in total. The lowest BCUT2D eigenvalue weighted by molar-refractivity contribution is 0.340. The van der Waals surface area contributed by atoms with E-state index in [9.17, 15) is 0 Å². The first-order valence-electron chi connectivity index (χ1n) is 4.84. The van der Waals surface area contributed by atoms with Crippen LogP contribution >= 0.6 is 22.9 Å². The fraction of sp³-hybridized carbons (Fsp3) is 0.182. The Labute approximate surface area is 103 Å². The quantitative estimate of drug-likeness (QED) is 0.913. The molecule has 0 radical (unpaired) electrons. The summed E-state index contributed by atoms with van der Waals surface area (Å²) < 4.78 is 5.36. The van der Waals surface area contributed by atoms with Gasteiger partial charge in [-0.3, -0.25) is 0 Å². The minimum Gasteiger partial charge on any atom is -0.492 e. The third kappa shape index (κ3) is 2.28. The molecule has 1 aromatic heterocycles. The molecule has 3 nitrogen and oxygen atoms in total. The first-order valence-corrected chi connectivity index (χ1v) is 6.04. The van der Waals surface area contributed by atoms with E-state index in [0.717, 1.165) is 10.4 Å². The monoisotopic (exact) mass is 254 g/mol. The fourth-order valence-corrected chi connectivity index (χ4v) is 2.26. The molecule has 1 heterocycles. The zero-order valence-corrected chi connectivity index (χ0v) is 10.3. The van der Waals surface area contributed by atoms with Crippen molar-refractivity contribution in [2.24, 2.45) is 0 Å². The molecule has 0 spiro atoms. The average Bonchev–Trinajstić information content (AvgIpc) is 2.68. The van der Waals surface area contributed by atoms with Gasteiger partial charge in [0.1, 0.15) is 5.75 Å². The number of benzene rings is 1. The van der Waals surface area contributed by atoms with Gasteiger partial charge in [-0.15, -0.1) is 0 Å². The van der Waals surface area contributed by atoms with Gasteiger partial charge in [-0.25, -0.2) is 4.98 Å². The van der Waals surface area contributed by atoms with Gasteiger partial charge in [0, 0.05) is 6.20 Å². The summed E-state index contributed by atoms with van der Waals surface area (Å²) in [6.07, 6.45) is 1.74. The number of rotatable bonds is 3. The molecule has 0 atom stereocenters. The van der Waals surface area contributed by atoms with Crippen LogP contribution in [0.1, 0.15) is 6.92 Å². The Hall–Kier alpha value is -1.26. The molecule has 0 aliphatic heterocycles. The van der Waals surface area contributed by atoms with Crippen LogP contribution in [-0.2, 0) is 0 Å². The summed E-state index contributed by atoms with van der Waals surface area (Å²) in [5.74, 6) is 0.699. The normalized spacial score (nSPS) is 10.4. The Morgan fingerprint density at radius 1 is 1.50 bits per heavy atom. The van der Waals surface area contributed by atoms with Crippen LogP contribution in [0, 0.1) is 0 Å². The van der Waals surface area contributed by atoms with Gasteiger partial charge in [-0.1, -0.05) is 22.9 Å². The van der Waals surface area contributed by atoms with E-state index in [1.54, 1.807) is 6.20 Å². The lowest BCUT2D eigenvalue weighted by atomic mass is 10.2. The largest absolute Gasteiger partial charge is 0.492 e.